The van der Waals surface area contributed by atoms with Crippen LogP contribution in [0.2, 0.25) is 0 Å². The van der Waals surface area contributed by atoms with E-state index in [9.17, 15) is 4.79 Å². The van der Waals surface area contributed by atoms with Gasteiger partial charge < -0.3 is 4.90 Å². The Morgan fingerprint density at radius 3 is 2.74 bits per heavy atom. The number of hydrogen-bond donors (Lipinski definition) is 0. The van der Waals surface area contributed by atoms with Crippen LogP contribution in [0.3, 0.4) is 0 Å². The molecule has 3 rings (SSSR count). The Hall–Kier alpha value is -2.00. The van der Waals surface area contributed by atoms with Crippen molar-refractivity contribution in [3.05, 3.63) is 66.0 Å². The molecule has 3 heteroatoms. The van der Waals surface area contributed by atoms with Crippen molar-refractivity contribution in [2.24, 2.45) is 5.92 Å². The van der Waals surface area contributed by atoms with Gasteiger partial charge in [0.1, 0.15) is 5.78 Å². The summed E-state index contributed by atoms with van der Waals surface area (Å²) in [5, 5.41) is 0. The van der Waals surface area contributed by atoms with Gasteiger partial charge in [-0.05, 0) is 37.1 Å². The summed E-state index contributed by atoms with van der Waals surface area (Å²) in [6.45, 7) is 2.99. The Morgan fingerprint density at radius 2 is 1.96 bits per heavy atom. The van der Waals surface area contributed by atoms with Crippen LogP contribution in [0.25, 0.3) is 0 Å². The van der Waals surface area contributed by atoms with Crippen molar-refractivity contribution in [1.82, 2.24) is 9.88 Å². The summed E-state index contributed by atoms with van der Waals surface area (Å²) in [5.74, 6) is 0.575. The maximum atomic E-state index is 12.5. The Labute approximate surface area is 138 Å². The zero-order valence-corrected chi connectivity index (χ0v) is 13.5. The molecular formula is C20H24N2O. The van der Waals surface area contributed by atoms with Crippen molar-refractivity contribution >= 4 is 5.78 Å². The summed E-state index contributed by atoms with van der Waals surface area (Å²) in [6.07, 6.45) is 5.52. The fourth-order valence-electron chi connectivity index (χ4n) is 3.28. The maximum Gasteiger partial charge on any atom is 0.141 e. The topological polar surface area (TPSA) is 33.2 Å². The first-order valence-electron chi connectivity index (χ1n) is 8.50. The smallest absolute Gasteiger partial charge is 0.141 e. The lowest BCUT2D eigenvalue weighted by Gasteiger charge is -2.32. The molecule has 2 aromatic rings. The molecule has 0 bridgehead atoms. The average molecular weight is 308 g/mol. The first-order valence-corrected chi connectivity index (χ1v) is 8.50. The fourth-order valence-corrected chi connectivity index (χ4v) is 3.28. The molecule has 0 unspecified atom stereocenters. The number of hydrogen-bond acceptors (Lipinski definition) is 3. The lowest BCUT2D eigenvalue weighted by atomic mass is 9.90. The number of likely N-dealkylation sites (tertiary alicyclic amines) is 1. The summed E-state index contributed by atoms with van der Waals surface area (Å²) in [7, 11) is 0. The predicted octanol–water partition coefficient (Wildman–Crippen LogP) is 3.15. The molecule has 1 atom stereocenters. The molecular weight excluding hydrogens is 284 g/mol. The van der Waals surface area contributed by atoms with E-state index in [-0.39, 0.29) is 5.92 Å². The van der Waals surface area contributed by atoms with Crippen molar-refractivity contribution in [3.63, 3.8) is 0 Å². The summed E-state index contributed by atoms with van der Waals surface area (Å²) in [5.41, 5.74) is 2.26. The minimum absolute atomic E-state index is 0.188. The third-order valence-corrected chi connectivity index (χ3v) is 4.59. The molecule has 23 heavy (non-hydrogen) atoms. The highest BCUT2D eigenvalue weighted by Gasteiger charge is 2.25. The first-order chi connectivity index (χ1) is 11.3. The van der Waals surface area contributed by atoms with Crippen LogP contribution in [0.4, 0.5) is 0 Å². The quantitative estimate of drug-likeness (QED) is 0.822. The van der Waals surface area contributed by atoms with Crippen molar-refractivity contribution in [1.29, 1.82) is 0 Å². The van der Waals surface area contributed by atoms with Gasteiger partial charge in [0.25, 0.3) is 0 Å². The lowest BCUT2D eigenvalue weighted by Crippen LogP contribution is -2.40. The van der Waals surface area contributed by atoms with E-state index in [0.29, 0.717) is 12.2 Å². The van der Waals surface area contributed by atoms with E-state index < -0.39 is 0 Å². The second-order valence-electron chi connectivity index (χ2n) is 6.34. The van der Waals surface area contributed by atoms with E-state index in [0.717, 1.165) is 50.2 Å². The molecule has 0 saturated carbocycles. The number of carbonyl (C=O) groups excluding carboxylic acids is 1. The minimum Gasteiger partial charge on any atom is -0.302 e. The van der Waals surface area contributed by atoms with Gasteiger partial charge in [-0.25, -0.2) is 0 Å². The van der Waals surface area contributed by atoms with Gasteiger partial charge in [0, 0.05) is 43.7 Å². The van der Waals surface area contributed by atoms with Gasteiger partial charge in [-0.15, -0.1) is 0 Å². The van der Waals surface area contributed by atoms with Gasteiger partial charge in [0.15, 0.2) is 0 Å². The molecule has 0 radical (unpaired) electrons. The third kappa shape index (κ3) is 4.73. The molecule has 1 saturated heterocycles. The van der Waals surface area contributed by atoms with Crippen LogP contribution >= 0.6 is 0 Å². The molecule has 0 amide bonds. The number of aromatic nitrogens is 1. The normalized spacial score (nSPS) is 18.7. The van der Waals surface area contributed by atoms with Crippen molar-refractivity contribution in [2.75, 3.05) is 19.6 Å². The summed E-state index contributed by atoms with van der Waals surface area (Å²) >= 11 is 0. The second-order valence-corrected chi connectivity index (χ2v) is 6.34. The van der Waals surface area contributed by atoms with Crippen molar-refractivity contribution < 1.29 is 4.79 Å². The molecule has 0 N–H and O–H groups in total. The highest BCUT2D eigenvalue weighted by molar-refractivity contribution is 5.83. The minimum atomic E-state index is 0.188. The van der Waals surface area contributed by atoms with Crippen LogP contribution in [0.5, 0.6) is 0 Å². The zero-order chi connectivity index (χ0) is 15.9. The average Bonchev–Trinajstić information content (AvgIpc) is 2.62. The van der Waals surface area contributed by atoms with Gasteiger partial charge in [-0.1, -0.05) is 36.4 Å². The summed E-state index contributed by atoms with van der Waals surface area (Å²) in [6, 6.07) is 16.1. The van der Waals surface area contributed by atoms with Crippen LogP contribution in [0, 0.1) is 5.92 Å². The number of benzene rings is 1. The van der Waals surface area contributed by atoms with Crippen LogP contribution in [-0.2, 0) is 17.6 Å². The van der Waals surface area contributed by atoms with Crippen molar-refractivity contribution in [3.8, 4) is 0 Å². The molecule has 0 aliphatic carbocycles. The largest absolute Gasteiger partial charge is 0.302 e. The molecule has 1 aromatic carbocycles. The van der Waals surface area contributed by atoms with Crippen LogP contribution < -0.4 is 0 Å². The number of ketones is 1. The highest BCUT2D eigenvalue weighted by atomic mass is 16.1. The Bertz CT molecular complexity index is 612. The van der Waals surface area contributed by atoms with Crippen LogP contribution in [0.15, 0.2) is 54.7 Å². The number of piperidine rings is 1. The summed E-state index contributed by atoms with van der Waals surface area (Å²) in [4.78, 5) is 19.4. The lowest BCUT2D eigenvalue weighted by molar-refractivity contribution is -0.123. The number of rotatable bonds is 6. The maximum absolute atomic E-state index is 12.5. The Kier molecular flexibility index (Phi) is 5.54. The molecule has 1 fully saturated rings. The molecule has 2 heterocycles. The van der Waals surface area contributed by atoms with E-state index in [1.165, 1.54) is 0 Å². The van der Waals surface area contributed by atoms with E-state index in [1.807, 2.05) is 48.7 Å². The van der Waals surface area contributed by atoms with Gasteiger partial charge in [-0.3, -0.25) is 9.78 Å². The summed E-state index contributed by atoms with van der Waals surface area (Å²) < 4.78 is 0. The first kappa shape index (κ1) is 15.9. The van der Waals surface area contributed by atoms with E-state index in [4.69, 9.17) is 0 Å². The number of nitrogens with zero attached hydrogens (tertiary/aromatic N) is 2. The van der Waals surface area contributed by atoms with E-state index >= 15 is 0 Å². The molecule has 1 aliphatic heterocycles. The van der Waals surface area contributed by atoms with E-state index in [1.54, 1.807) is 0 Å². The standard InChI is InChI=1S/C20H24N2O/c23-20(15-17-7-2-1-3-8-17)18-9-6-13-22(16-18)14-11-19-10-4-5-12-21-19/h1-5,7-8,10,12,18H,6,9,11,13-16H2/t18-/m1/s1. The SMILES string of the molecule is O=C(Cc1ccccc1)[C@@H]1CCCN(CCc2ccccn2)C1. The monoisotopic (exact) mass is 308 g/mol. The highest BCUT2D eigenvalue weighted by Crippen LogP contribution is 2.19. The van der Waals surface area contributed by atoms with Gasteiger partial charge in [0.2, 0.25) is 0 Å². The zero-order valence-electron chi connectivity index (χ0n) is 13.5. The molecule has 0 spiro atoms. The fraction of sp³-hybridized carbons (Fsp3) is 0.400. The second kappa shape index (κ2) is 8.02. The van der Waals surface area contributed by atoms with Crippen molar-refractivity contribution in [2.45, 2.75) is 25.7 Å². The van der Waals surface area contributed by atoms with Gasteiger partial charge in [0.05, 0.1) is 0 Å². The molecule has 120 valence electrons. The Morgan fingerprint density at radius 1 is 1.13 bits per heavy atom. The Balaban J connectivity index is 1.50. The van der Waals surface area contributed by atoms with Crippen LogP contribution in [0.1, 0.15) is 24.1 Å². The van der Waals surface area contributed by atoms with Gasteiger partial charge in [-0.2, -0.15) is 0 Å². The molecule has 1 aromatic heterocycles. The number of Topliss-reactive ketones (excluding diaryl/α,β-unsaturated/α-hetero) is 1. The predicted molar refractivity (Wildman–Crippen MR) is 92.3 cm³/mol. The third-order valence-electron chi connectivity index (χ3n) is 4.59. The van der Waals surface area contributed by atoms with E-state index in [2.05, 4.69) is 16.0 Å². The number of pyridine rings is 1. The van der Waals surface area contributed by atoms with Gasteiger partial charge >= 0.3 is 0 Å². The molecule has 3 nitrogen and oxygen atoms in total. The molecule has 1 aliphatic rings. The van der Waals surface area contributed by atoms with Crippen LogP contribution in [-0.4, -0.2) is 35.3 Å². The number of carbonyl (C=O) groups is 1.